The van der Waals surface area contributed by atoms with Crippen molar-refractivity contribution < 1.29 is 19.7 Å². The minimum atomic E-state index is -1.02. The molecule has 2 aromatic rings. The van der Waals surface area contributed by atoms with Crippen LogP contribution in [0.25, 0.3) is 11.6 Å². The summed E-state index contributed by atoms with van der Waals surface area (Å²) in [4.78, 5) is 11.4. The Morgan fingerprint density at radius 2 is 1.86 bits per heavy atom. The van der Waals surface area contributed by atoms with Crippen molar-refractivity contribution in [2.75, 3.05) is 7.11 Å². The summed E-state index contributed by atoms with van der Waals surface area (Å²) in [5.41, 5.74) is 1.41. The number of hydrogen-bond donors (Lipinski definition) is 2. The fourth-order valence-electron chi connectivity index (χ4n) is 1.82. The van der Waals surface area contributed by atoms with Gasteiger partial charge in [-0.1, -0.05) is 18.2 Å². The molecule has 0 heterocycles. The lowest BCUT2D eigenvalue weighted by Gasteiger charge is -2.06. The van der Waals surface area contributed by atoms with Gasteiger partial charge in [0.25, 0.3) is 0 Å². The van der Waals surface area contributed by atoms with Crippen LogP contribution in [0.1, 0.15) is 11.1 Å². The van der Waals surface area contributed by atoms with Crippen LogP contribution in [0, 0.1) is 0 Å². The van der Waals surface area contributed by atoms with Gasteiger partial charge in [-0.05, 0) is 57.4 Å². The number of phenols is 1. The van der Waals surface area contributed by atoms with E-state index < -0.39 is 5.97 Å². The number of carboxylic acids is 1. The van der Waals surface area contributed by atoms with Gasteiger partial charge in [0.15, 0.2) is 0 Å². The highest BCUT2D eigenvalue weighted by Crippen LogP contribution is 2.27. The molecule has 108 valence electrons. The van der Waals surface area contributed by atoms with Crippen LogP contribution < -0.4 is 4.74 Å². The van der Waals surface area contributed by atoms with Gasteiger partial charge < -0.3 is 14.9 Å². The number of phenolic OH excluding ortho intramolecular Hbond substituents is 1. The normalized spacial score (nSPS) is 11.2. The van der Waals surface area contributed by atoms with Crippen LogP contribution in [0.5, 0.6) is 11.5 Å². The number of benzene rings is 2. The standard InChI is InChI=1S/C16H13BrO4/c1-21-12-5-3-11(4-6-12)13(16(19)20)8-10-2-7-15(18)14(17)9-10/h2-9,18H,1H3,(H,19,20)/b13-8-. The predicted molar refractivity (Wildman–Crippen MR) is 84.3 cm³/mol. The molecule has 4 nitrogen and oxygen atoms in total. The maximum atomic E-state index is 11.4. The molecule has 0 spiro atoms. The molecule has 0 aliphatic rings. The van der Waals surface area contributed by atoms with Gasteiger partial charge in [-0.15, -0.1) is 0 Å². The molecule has 2 rings (SSSR count). The molecule has 0 saturated carbocycles. The summed E-state index contributed by atoms with van der Waals surface area (Å²) in [5.74, 6) is -0.256. The summed E-state index contributed by atoms with van der Waals surface area (Å²) in [5, 5.41) is 18.8. The number of ether oxygens (including phenoxy) is 1. The number of aliphatic carboxylic acids is 1. The van der Waals surface area contributed by atoms with E-state index in [0.717, 1.165) is 0 Å². The second-order valence-corrected chi connectivity index (χ2v) is 5.16. The van der Waals surface area contributed by atoms with Crippen LogP contribution in [0.3, 0.4) is 0 Å². The molecular formula is C16H13BrO4. The van der Waals surface area contributed by atoms with Crippen molar-refractivity contribution in [2.45, 2.75) is 0 Å². The quantitative estimate of drug-likeness (QED) is 0.651. The molecule has 0 radical (unpaired) electrons. The van der Waals surface area contributed by atoms with Crippen molar-refractivity contribution in [1.29, 1.82) is 0 Å². The molecule has 2 N–H and O–H groups in total. The lowest BCUT2D eigenvalue weighted by molar-refractivity contribution is -0.130. The second kappa shape index (κ2) is 6.45. The third-order valence-corrected chi connectivity index (χ3v) is 3.55. The van der Waals surface area contributed by atoms with E-state index in [1.807, 2.05) is 0 Å². The van der Waals surface area contributed by atoms with Crippen LogP contribution in [-0.2, 0) is 4.79 Å². The Balaban J connectivity index is 2.44. The number of halogens is 1. The van der Waals surface area contributed by atoms with Gasteiger partial charge in [0.2, 0.25) is 0 Å². The van der Waals surface area contributed by atoms with E-state index in [1.165, 1.54) is 6.07 Å². The van der Waals surface area contributed by atoms with Crippen LogP contribution >= 0.6 is 15.9 Å². The predicted octanol–water partition coefficient (Wildman–Crippen LogP) is 3.79. The fourth-order valence-corrected chi connectivity index (χ4v) is 2.22. The number of carboxylic acid groups (broad SMARTS) is 1. The minimum absolute atomic E-state index is 0.105. The first-order valence-electron chi connectivity index (χ1n) is 6.09. The zero-order chi connectivity index (χ0) is 15.4. The molecule has 0 aliphatic carbocycles. The monoisotopic (exact) mass is 348 g/mol. The van der Waals surface area contributed by atoms with Crippen molar-refractivity contribution in [1.82, 2.24) is 0 Å². The summed E-state index contributed by atoms with van der Waals surface area (Å²) in [6, 6.07) is 11.6. The lowest BCUT2D eigenvalue weighted by atomic mass is 10.0. The molecule has 0 saturated heterocycles. The van der Waals surface area contributed by atoms with E-state index >= 15 is 0 Å². The summed E-state index contributed by atoms with van der Waals surface area (Å²) < 4.78 is 5.57. The SMILES string of the molecule is COc1ccc(/C(=C/c2ccc(O)c(Br)c2)C(=O)O)cc1. The zero-order valence-electron chi connectivity index (χ0n) is 11.2. The van der Waals surface area contributed by atoms with Gasteiger partial charge in [-0.25, -0.2) is 4.79 Å². The average molecular weight is 349 g/mol. The first-order chi connectivity index (χ1) is 10.0. The molecule has 0 fully saturated rings. The Morgan fingerprint density at radius 1 is 1.19 bits per heavy atom. The minimum Gasteiger partial charge on any atom is -0.507 e. The zero-order valence-corrected chi connectivity index (χ0v) is 12.8. The smallest absolute Gasteiger partial charge is 0.336 e. The summed E-state index contributed by atoms with van der Waals surface area (Å²) in [6.45, 7) is 0. The molecule has 0 aliphatic heterocycles. The van der Waals surface area contributed by atoms with Crippen LogP contribution in [0.2, 0.25) is 0 Å². The second-order valence-electron chi connectivity index (χ2n) is 4.30. The Hall–Kier alpha value is -2.27. The van der Waals surface area contributed by atoms with Gasteiger partial charge in [-0.2, -0.15) is 0 Å². The van der Waals surface area contributed by atoms with Crippen molar-refractivity contribution in [3.63, 3.8) is 0 Å². The molecule has 0 bridgehead atoms. The number of carbonyl (C=O) groups is 1. The molecule has 2 aromatic carbocycles. The van der Waals surface area contributed by atoms with Gasteiger partial charge in [0, 0.05) is 0 Å². The largest absolute Gasteiger partial charge is 0.507 e. The molecule has 5 heteroatoms. The Kier molecular flexibility index (Phi) is 4.65. The van der Waals surface area contributed by atoms with Crippen LogP contribution in [-0.4, -0.2) is 23.3 Å². The molecule has 0 unspecified atom stereocenters. The highest BCUT2D eigenvalue weighted by Gasteiger charge is 2.11. The highest BCUT2D eigenvalue weighted by atomic mass is 79.9. The Bertz CT molecular complexity index is 690. The first-order valence-corrected chi connectivity index (χ1v) is 6.88. The molecular weight excluding hydrogens is 336 g/mol. The molecule has 0 atom stereocenters. The number of methoxy groups -OCH3 is 1. The molecule has 0 amide bonds. The lowest BCUT2D eigenvalue weighted by Crippen LogP contribution is -1.99. The number of aromatic hydroxyl groups is 1. The summed E-state index contributed by atoms with van der Waals surface area (Å²) in [7, 11) is 1.55. The maximum Gasteiger partial charge on any atom is 0.336 e. The van der Waals surface area contributed by atoms with E-state index in [2.05, 4.69) is 15.9 Å². The Labute approximate surface area is 130 Å². The van der Waals surface area contributed by atoms with Crippen molar-refractivity contribution in [3.8, 4) is 11.5 Å². The van der Waals surface area contributed by atoms with Gasteiger partial charge >= 0.3 is 5.97 Å². The topological polar surface area (TPSA) is 66.8 Å². The van der Waals surface area contributed by atoms with Crippen molar-refractivity contribution in [2.24, 2.45) is 0 Å². The number of rotatable bonds is 4. The Morgan fingerprint density at radius 3 is 2.38 bits per heavy atom. The average Bonchev–Trinajstić information content (AvgIpc) is 2.48. The molecule has 21 heavy (non-hydrogen) atoms. The summed E-state index contributed by atoms with van der Waals surface area (Å²) in [6.07, 6.45) is 1.55. The highest BCUT2D eigenvalue weighted by molar-refractivity contribution is 9.10. The van der Waals surface area contributed by atoms with E-state index in [9.17, 15) is 15.0 Å². The van der Waals surface area contributed by atoms with Crippen LogP contribution in [0.4, 0.5) is 0 Å². The van der Waals surface area contributed by atoms with E-state index in [4.69, 9.17) is 4.74 Å². The maximum absolute atomic E-state index is 11.4. The molecule has 0 aromatic heterocycles. The number of hydrogen-bond acceptors (Lipinski definition) is 3. The van der Waals surface area contributed by atoms with E-state index in [1.54, 1.807) is 49.6 Å². The summed E-state index contributed by atoms with van der Waals surface area (Å²) >= 11 is 3.20. The third-order valence-electron chi connectivity index (χ3n) is 2.91. The van der Waals surface area contributed by atoms with E-state index in [0.29, 0.717) is 21.3 Å². The van der Waals surface area contributed by atoms with Gasteiger partial charge in [0.05, 0.1) is 17.2 Å². The van der Waals surface area contributed by atoms with Crippen molar-refractivity contribution >= 4 is 33.5 Å². The van der Waals surface area contributed by atoms with Gasteiger partial charge in [-0.3, -0.25) is 0 Å². The van der Waals surface area contributed by atoms with Crippen LogP contribution in [0.15, 0.2) is 46.9 Å². The van der Waals surface area contributed by atoms with Crippen molar-refractivity contribution in [3.05, 3.63) is 58.1 Å². The van der Waals surface area contributed by atoms with Gasteiger partial charge in [0.1, 0.15) is 11.5 Å². The fraction of sp³-hybridized carbons (Fsp3) is 0.0625. The third kappa shape index (κ3) is 3.64. The van der Waals surface area contributed by atoms with E-state index in [-0.39, 0.29) is 11.3 Å². The first kappa shape index (κ1) is 15.1.